The molecule has 0 aromatic heterocycles. The van der Waals surface area contributed by atoms with Crippen LogP contribution >= 0.6 is 0 Å². The quantitative estimate of drug-likeness (QED) is 0.198. The number of unbranched alkanes of at least 4 members (excludes halogenated alkanes) is 1. The summed E-state index contributed by atoms with van der Waals surface area (Å²) in [5, 5.41) is 2.21. The maximum atomic E-state index is 13.8. The number of alkyl halides is 3. The van der Waals surface area contributed by atoms with Crippen LogP contribution in [0.15, 0.2) is 109 Å². The molecule has 1 aliphatic heterocycles. The van der Waals surface area contributed by atoms with Gasteiger partial charge in [0.05, 0.1) is 5.92 Å². The van der Waals surface area contributed by atoms with Gasteiger partial charge in [-0.25, -0.2) is 0 Å². The molecule has 4 aromatic carbocycles. The molecule has 0 bridgehead atoms. The van der Waals surface area contributed by atoms with Gasteiger partial charge in [-0.15, -0.1) is 0 Å². The highest BCUT2D eigenvalue weighted by Gasteiger charge is 2.49. The molecule has 0 radical (unpaired) electrons. The summed E-state index contributed by atoms with van der Waals surface area (Å²) < 4.78 is 39.5. The molecular formula is C38H38F3N3O2. The molecule has 1 heterocycles. The van der Waals surface area contributed by atoms with E-state index in [1.165, 1.54) is 0 Å². The van der Waals surface area contributed by atoms with Gasteiger partial charge in [0, 0.05) is 26.2 Å². The molecule has 4 aromatic rings. The molecular weight excluding hydrogens is 587 g/mol. The fourth-order valence-corrected chi connectivity index (χ4v) is 7.15. The lowest BCUT2D eigenvalue weighted by Crippen LogP contribution is -2.50. The molecule has 0 saturated carbocycles. The van der Waals surface area contributed by atoms with Crippen molar-refractivity contribution < 1.29 is 22.8 Å². The first-order valence-electron chi connectivity index (χ1n) is 15.9. The molecule has 6 rings (SSSR count). The Labute approximate surface area is 268 Å². The average molecular weight is 626 g/mol. The SMILES string of the molecule is O=C(C(c1ccccc1)c1ccccc1)N1CCN(CCCCC2(C(=O)NCC(F)(F)F)c3ccccc3-c3ccccc32)CC1. The number of carbonyl (C=O) groups excluding carboxylic acids is 2. The Morgan fingerprint density at radius 1 is 0.696 bits per heavy atom. The lowest BCUT2D eigenvalue weighted by Gasteiger charge is -2.37. The van der Waals surface area contributed by atoms with Crippen LogP contribution in [0, 0.1) is 0 Å². The Hall–Kier alpha value is -4.43. The lowest BCUT2D eigenvalue weighted by atomic mass is 9.73. The third kappa shape index (κ3) is 6.44. The fraction of sp³-hybridized carbons (Fsp3) is 0.316. The molecule has 1 aliphatic carbocycles. The summed E-state index contributed by atoms with van der Waals surface area (Å²) in [5.74, 6) is -0.867. The van der Waals surface area contributed by atoms with Gasteiger partial charge in [0.2, 0.25) is 11.8 Å². The number of fused-ring (bicyclic) bond motifs is 3. The molecule has 2 amide bonds. The van der Waals surface area contributed by atoms with Crippen LogP contribution in [0.4, 0.5) is 13.2 Å². The second-order valence-electron chi connectivity index (χ2n) is 12.2. The predicted molar refractivity (Wildman–Crippen MR) is 173 cm³/mol. The number of amides is 2. The first kappa shape index (κ1) is 31.5. The molecule has 1 saturated heterocycles. The van der Waals surface area contributed by atoms with Crippen LogP contribution in [0.25, 0.3) is 11.1 Å². The van der Waals surface area contributed by atoms with Crippen LogP contribution in [-0.2, 0) is 15.0 Å². The van der Waals surface area contributed by atoms with Crippen LogP contribution in [0.1, 0.15) is 47.4 Å². The van der Waals surface area contributed by atoms with Crippen molar-refractivity contribution in [3.63, 3.8) is 0 Å². The first-order chi connectivity index (χ1) is 22.3. The predicted octanol–water partition coefficient (Wildman–Crippen LogP) is 6.78. The van der Waals surface area contributed by atoms with Gasteiger partial charge in [-0.3, -0.25) is 14.5 Å². The van der Waals surface area contributed by atoms with Crippen LogP contribution in [0.2, 0.25) is 0 Å². The number of piperazine rings is 1. The minimum atomic E-state index is -4.50. The highest BCUT2D eigenvalue weighted by Crippen LogP contribution is 2.51. The van der Waals surface area contributed by atoms with Gasteiger partial charge in [-0.1, -0.05) is 116 Å². The van der Waals surface area contributed by atoms with Crippen molar-refractivity contribution in [3.8, 4) is 11.1 Å². The van der Waals surface area contributed by atoms with Crippen molar-refractivity contribution in [2.24, 2.45) is 0 Å². The van der Waals surface area contributed by atoms with Crippen LogP contribution < -0.4 is 5.32 Å². The highest BCUT2D eigenvalue weighted by atomic mass is 19.4. The number of hydrogen-bond acceptors (Lipinski definition) is 3. The summed E-state index contributed by atoms with van der Waals surface area (Å²) in [7, 11) is 0. The summed E-state index contributed by atoms with van der Waals surface area (Å²) in [6, 6.07) is 34.9. The first-order valence-corrected chi connectivity index (χ1v) is 15.9. The number of nitrogens with one attached hydrogen (secondary N) is 1. The molecule has 0 unspecified atom stereocenters. The third-order valence-electron chi connectivity index (χ3n) is 9.37. The molecule has 46 heavy (non-hydrogen) atoms. The monoisotopic (exact) mass is 625 g/mol. The number of hydrogen-bond donors (Lipinski definition) is 1. The van der Waals surface area contributed by atoms with E-state index in [9.17, 15) is 22.8 Å². The van der Waals surface area contributed by atoms with Crippen LogP contribution in [0.5, 0.6) is 0 Å². The van der Waals surface area contributed by atoms with E-state index in [4.69, 9.17) is 0 Å². The Balaban J connectivity index is 1.10. The lowest BCUT2D eigenvalue weighted by molar-refractivity contribution is -0.141. The number of nitrogens with zero attached hydrogens (tertiary/aromatic N) is 2. The zero-order valence-corrected chi connectivity index (χ0v) is 25.7. The number of halogens is 3. The Bertz CT molecular complexity index is 1570. The van der Waals surface area contributed by atoms with Crippen LogP contribution in [0.3, 0.4) is 0 Å². The molecule has 0 spiro atoms. The number of carbonyl (C=O) groups is 2. The second kappa shape index (κ2) is 13.5. The standard InChI is InChI=1S/C38H38F3N3O2/c39-38(40,41)27-42-36(46)37(32-19-9-7-17-30(32)31-18-8-10-20-33(31)37)21-11-12-22-43-23-25-44(26-24-43)35(45)34(28-13-3-1-4-14-28)29-15-5-2-6-16-29/h1-10,13-20,34H,11-12,21-27H2,(H,42,46). The molecule has 2 aliphatic rings. The van der Waals surface area contributed by atoms with Gasteiger partial charge in [0.15, 0.2) is 0 Å². The molecule has 1 fully saturated rings. The zero-order valence-electron chi connectivity index (χ0n) is 25.7. The topological polar surface area (TPSA) is 52.7 Å². The summed E-state index contributed by atoms with van der Waals surface area (Å²) >= 11 is 0. The van der Waals surface area contributed by atoms with E-state index in [0.29, 0.717) is 25.9 Å². The van der Waals surface area contributed by atoms with Gasteiger partial charge < -0.3 is 10.2 Å². The van der Waals surface area contributed by atoms with Crippen molar-refractivity contribution >= 4 is 11.8 Å². The van der Waals surface area contributed by atoms with Crippen molar-refractivity contribution in [2.45, 2.75) is 36.8 Å². The largest absolute Gasteiger partial charge is 0.405 e. The smallest absolute Gasteiger partial charge is 0.346 e. The van der Waals surface area contributed by atoms with E-state index >= 15 is 0 Å². The van der Waals surface area contributed by atoms with Gasteiger partial charge in [0.1, 0.15) is 12.0 Å². The van der Waals surface area contributed by atoms with Crippen LogP contribution in [-0.4, -0.2) is 67.1 Å². The summed E-state index contributed by atoms with van der Waals surface area (Å²) in [6.07, 6.45) is -2.66. The van der Waals surface area contributed by atoms with Gasteiger partial charge in [0.25, 0.3) is 0 Å². The summed E-state index contributed by atoms with van der Waals surface area (Å²) in [4.78, 5) is 31.8. The van der Waals surface area contributed by atoms with Crippen molar-refractivity contribution in [1.82, 2.24) is 15.1 Å². The summed E-state index contributed by atoms with van der Waals surface area (Å²) in [6.45, 7) is 2.15. The Morgan fingerprint density at radius 2 is 1.20 bits per heavy atom. The second-order valence-corrected chi connectivity index (χ2v) is 12.2. The van der Waals surface area contributed by atoms with Gasteiger partial charge in [-0.05, 0) is 52.8 Å². The van der Waals surface area contributed by atoms with Crippen molar-refractivity contribution in [2.75, 3.05) is 39.3 Å². The number of rotatable bonds is 10. The van der Waals surface area contributed by atoms with E-state index in [-0.39, 0.29) is 11.8 Å². The third-order valence-corrected chi connectivity index (χ3v) is 9.37. The minimum Gasteiger partial charge on any atom is -0.346 e. The minimum absolute atomic E-state index is 0.0995. The Kier molecular flexibility index (Phi) is 9.27. The molecule has 238 valence electrons. The molecule has 0 atom stereocenters. The maximum Gasteiger partial charge on any atom is 0.405 e. The molecule has 8 heteroatoms. The highest BCUT2D eigenvalue weighted by molar-refractivity contribution is 6.00. The van der Waals surface area contributed by atoms with E-state index in [1.54, 1.807) is 0 Å². The van der Waals surface area contributed by atoms with Gasteiger partial charge in [-0.2, -0.15) is 13.2 Å². The van der Waals surface area contributed by atoms with E-state index in [0.717, 1.165) is 59.4 Å². The van der Waals surface area contributed by atoms with E-state index in [1.807, 2.05) is 114 Å². The summed E-state index contributed by atoms with van der Waals surface area (Å²) in [5.41, 5.74) is 4.07. The fourth-order valence-electron chi connectivity index (χ4n) is 7.15. The Morgan fingerprint density at radius 3 is 1.72 bits per heavy atom. The van der Waals surface area contributed by atoms with E-state index < -0.39 is 24.0 Å². The zero-order chi connectivity index (χ0) is 32.1. The van der Waals surface area contributed by atoms with Crippen molar-refractivity contribution in [3.05, 3.63) is 131 Å². The molecule has 1 N–H and O–H groups in total. The van der Waals surface area contributed by atoms with Crippen molar-refractivity contribution in [1.29, 1.82) is 0 Å². The normalized spacial score (nSPS) is 15.8. The average Bonchev–Trinajstić information content (AvgIpc) is 3.37. The molecule has 5 nitrogen and oxygen atoms in total. The maximum absolute atomic E-state index is 13.8. The number of benzene rings is 4. The van der Waals surface area contributed by atoms with E-state index in [2.05, 4.69) is 10.2 Å². The van der Waals surface area contributed by atoms with Gasteiger partial charge >= 0.3 is 6.18 Å².